The minimum absolute atomic E-state index is 0.352. The molecule has 2 heterocycles. The molecule has 1 aromatic heterocycles. The monoisotopic (exact) mass is 367 g/mol. The second kappa shape index (κ2) is 7.05. The van der Waals surface area contributed by atoms with Crippen molar-refractivity contribution >= 4 is 10.0 Å². The van der Waals surface area contributed by atoms with E-state index >= 15 is 0 Å². The van der Waals surface area contributed by atoms with Gasteiger partial charge in [-0.25, -0.2) is 13.1 Å². The lowest BCUT2D eigenvalue weighted by Gasteiger charge is -2.25. The third-order valence-corrected chi connectivity index (χ3v) is 6.63. The second-order valence-electron chi connectivity index (χ2n) is 6.47. The molecule has 6 heteroatoms. The number of benzene rings is 2. The van der Waals surface area contributed by atoms with Crippen molar-refractivity contribution in [2.45, 2.75) is 24.2 Å². The van der Waals surface area contributed by atoms with E-state index in [9.17, 15) is 8.42 Å². The summed E-state index contributed by atoms with van der Waals surface area (Å²) >= 11 is 0. The van der Waals surface area contributed by atoms with Crippen molar-refractivity contribution in [3.8, 4) is 16.9 Å². The Morgan fingerprint density at radius 2 is 1.50 bits per heavy atom. The average Bonchev–Trinajstić information content (AvgIpc) is 3.20. The Balaban J connectivity index is 1.57. The zero-order valence-corrected chi connectivity index (χ0v) is 15.3. The first kappa shape index (κ1) is 17.0. The number of hydrogen-bond acceptors (Lipinski definition) is 3. The molecule has 0 radical (unpaired) electrons. The standard InChI is InChI=1S/C20H21N3O2S/c24-26(25,22-14-5-2-6-15-22)19-11-9-17(10-12-19)20-13-16-23(21-20)18-7-3-1-4-8-18/h1,3-4,7-13,16H,2,5-6,14-15H2. The summed E-state index contributed by atoms with van der Waals surface area (Å²) in [6.45, 7) is 1.23. The quantitative estimate of drug-likeness (QED) is 0.706. The van der Waals surface area contributed by atoms with Crippen molar-refractivity contribution in [1.82, 2.24) is 14.1 Å². The fraction of sp³-hybridized carbons (Fsp3) is 0.250. The highest BCUT2D eigenvalue weighted by Gasteiger charge is 2.25. The van der Waals surface area contributed by atoms with Crippen LogP contribution in [-0.2, 0) is 10.0 Å². The highest BCUT2D eigenvalue weighted by Crippen LogP contribution is 2.24. The number of rotatable bonds is 4. The number of aromatic nitrogens is 2. The second-order valence-corrected chi connectivity index (χ2v) is 8.41. The SMILES string of the molecule is O=S(=O)(c1ccc(-c2ccn(-c3ccccc3)n2)cc1)N1CCCCC1. The summed E-state index contributed by atoms with van der Waals surface area (Å²) in [5.74, 6) is 0. The van der Waals surface area contributed by atoms with Crippen LogP contribution in [0.2, 0.25) is 0 Å². The first-order chi connectivity index (χ1) is 12.6. The minimum Gasteiger partial charge on any atom is -0.240 e. The van der Waals surface area contributed by atoms with Crippen LogP contribution in [0.5, 0.6) is 0 Å². The molecular weight excluding hydrogens is 346 g/mol. The van der Waals surface area contributed by atoms with Crippen molar-refractivity contribution in [3.63, 3.8) is 0 Å². The predicted molar refractivity (Wildman–Crippen MR) is 102 cm³/mol. The van der Waals surface area contributed by atoms with Gasteiger partial charge in [0.05, 0.1) is 16.3 Å². The van der Waals surface area contributed by atoms with Crippen molar-refractivity contribution in [2.24, 2.45) is 0 Å². The zero-order valence-electron chi connectivity index (χ0n) is 14.5. The van der Waals surface area contributed by atoms with Crippen LogP contribution in [0.4, 0.5) is 0 Å². The minimum atomic E-state index is -3.39. The van der Waals surface area contributed by atoms with E-state index in [0.29, 0.717) is 18.0 Å². The molecule has 0 bridgehead atoms. The molecule has 26 heavy (non-hydrogen) atoms. The molecule has 0 N–H and O–H groups in total. The molecule has 0 atom stereocenters. The van der Waals surface area contributed by atoms with Gasteiger partial charge in [-0.05, 0) is 43.2 Å². The normalized spacial score (nSPS) is 15.8. The van der Waals surface area contributed by atoms with Crippen LogP contribution in [0, 0.1) is 0 Å². The van der Waals surface area contributed by atoms with E-state index in [4.69, 9.17) is 0 Å². The number of para-hydroxylation sites is 1. The molecule has 3 aromatic rings. The third kappa shape index (κ3) is 3.30. The molecule has 0 aliphatic carbocycles. The Morgan fingerprint density at radius 1 is 0.808 bits per heavy atom. The maximum atomic E-state index is 12.7. The molecule has 4 rings (SSSR count). The molecule has 0 saturated carbocycles. The van der Waals surface area contributed by atoms with Gasteiger partial charge in [-0.15, -0.1) is 0 Å². The summed E-state index contributed by atoms with van der Waals surface area (Å²) < 4.78 is 28.9. The predicted octanol–water partition coefficient (Wildman–Crippen LogP) is 3.71. The van der Waals surface area contributed by atoms with Crippen molar-refractivity contribution in [3.05, 3.63) is 66.9 Å². The van der Waals surface area contributed by atoms with E-state index in [2.05, 4.69) is 5.10 Å². The van der Waals surface area contributed by atoms with Gasteiger partial charge in [-0.3, -0.25) is 0 Å². The van der Waals surface area contributed by atoms with Gasteiger partial charge in [-0.2, -0.15) is 9.40 Å². The maximum absolute atomic E-state index is 12.7. The number of nitrogens with zero attached hydrogens (tertiary/aromatic N) is 3. The molecular formula is C20H21N3O2S. The highest BCUT2D eigenvalue weighted by molar-refractivity contribution is 7.89. The molecule has 1 aliphatic rings. The molecule has 5 nitrogen and oxygen atoms in total. The van der Waals surface area contributed by atoms with Crippen molar-refractivity contribution < 1.29 is 8.42 Å². The first-order valence-corrected chi connectivity index (χ1v) is 10.3. The smallest absolute Gasteiger partial charge is 0.240 e. The summed E-state index contributed by atoms with van der Waals surface area (Å²) in [5.41, 5.74) is 2.70. The largest absolute Gasteiger partial charge is 0.243 e. The topological polar surface area (TPSA) is 55.2 Å². The molecule has 1 aliphatic heterocycles. The van der Waals surface area contributed by atoms with Gasteiger partial charge < -0.3 is 0 Å². The van der Waals surface area contributed by atoms with Crippen molar-refractivity contribution in [1.29, 1.82) is 0 Å². The van der Waals surface area contributed by atoms with Gasteiger partial charge in [-0.1, -0.05) is 36.8 Å². The maximum Gasteiger partial charge on any atom is 0.243 e. The van der Waals surface area contributed by atoms with E-state index in [1.165, 1.54) is 0 Å². The van der Waals surface area contributed by atoms with Gasteiger partial charge in [0, 0.05) is 24.8 Å². The average molecular weight is 367 g/mol. The first-order valence-electron chi connectivity index (χ1n) is 8.86. The van der Waals surface area contributed by atoms with Crippen LogP contribution in [0.25, 0.3) is 16.9 Å². The summed E-state index contributed by atoms with van der Waals surface area (Å²) in [6, 6.07) is 18.8. The van der Waals surface area contributed by atoms with Gasteiger partial charge in [0.25, 0.3) is 0 Å². The molecule has 1 fully saturated rings. The molecule has 2 aromatic carbocycles. The lowest BCUT2D eigenvalue weighted by atomic mass is 10.2. The summed E-state index contributed by atoms with van der Waals surface area (Å²) in [5, 5.41) is 4.59. The van der Waals surface area contributed by atoms with Crippen LogP contribution in [-0.4, -0.2) is 35.6 Å². The number of hydrogen-bond donors (Lipinski definition) is 0. The molecule has 134 valence electrons. The van der Waals surface area contributed by atoms with E-state index < -0.39 is 10.0 Å². The summed E-state index contributed by atoms with van der Waals surface area (Å²) in [4.78, 5) is 0.352. The zero-order chi connectivity index (χ0) is 18.0. The van der Waals surface area contributed by atoms with E-state index in [-0.39, 0.29) is 0 Å². The molecule has 0 amide bonds. The van der Waals surface area contributed by atoms with Gasteiger partial charge in [0.1, 0.15) is 0 Å². The van der Waals surface area contributed by atoms with E-state index in [1.54, 1.807) is 16.4 Å². The molecule has 0 spiro atoms. The number of piperidine rings is 1. The van der Waals surface area contributed by atoms with E-state index in [1.807, 2.05) is 59.4 Å². The molecule has 1 saturated heterocycles. The fourth-order valence-electron chi connectivity index (χ4n) is 3.25. The van der Waals surface area contributed by atoms with Gasteiger partial charge in [0.15, 0.2) is 0 Å². The van der Waals surface area contributed by atoms with Crippen molar-refractivity contribution in [2.75, 3.05) is 13.1 Å². The molecule has 0 unspecified atom stereocenters. The Hall–Kier alpha value is -2.44. The third-order valence-electron chi connectivity index (χ3n) is 4.71. The van der Waals surface area contributed by atoms with E-state index in [0.717, 1.165) is 36.2 Å². The highest BCUT2D eigenvalue weighted by atomic mass is 32.2. The van der Waals surface area contributed by atoms with Gasteiger partial charge in [0.2, 0.25) is 10.0 Å². The number of sulfonamides is 1. The Bertz CT molecular complexity index is 973. The van der Waals surface area contributed by atoms with Crippen LogP contribution in [0.3, 0.4) is 0 Å². The lowest BCUT2D eigenvalue weighted by Crippen LogP contribution is -2.35. The fourth-order valence-corrected chi connectivity index (χ4v) is 4.77. The van der Waals surface area contributed by atoms with Crippen LogP contribution in [0.1, 0.15) is 19.3 Å². The van der Waals surface area contributed by atoms with Gasteiger partial charge >= 0.3 is 0 Å². The van der Waals surface area contributed by atoms with Crippen LogP contribution in [0.15, 0.2) is 71.8 Å². The Morgan fingerprint density at radius 3 is 2.19 bits per heavy atom. The van der Waals surface area contributed by atoms with Crippen LogP contribution < -0.4 is 0 Å². The Kier molecular flexibility index (Phi) is 4.61. The summed E-state index contributed by atoms with van der Waals surface area (Å²) in [7, 11) is -3.39. The summed E-state index contributed by atoms with van der Waals surface area (Å²) in [6.07, 6.45) is 4.89. The van der Waals surface area contributed by atoms with Crippen LogP contribution >= 0.6 is 0 Å². The Labute approximate surface area is 153 Å². The lowest BCUT2D eigenvalue weighted by molar-refractivity contribution is 0.346.